The first-order valence-corrected chi connectivity index (χ1v) is 7.43. The van der Waals surface area contributed by atoms with Gasteiger partial charge in [0.15, 0.2) is 0 Å². The van der Waals surface area contributed by atoms with Crippen LogP contribution in [0.4, 0.5) is 0 Å². The van der Waals surface area contributed by atoms with Crippen LogP contribution in [-0.4, -0.2) is 21.1 Å². The third kappa shape index (κ3) is 3.43. The van der Waals surface area contributed by atoms with Crippen molar-refractivity contribution in [2.24, 2.45) is 0 Å². The fourth-order valence-electron chi connectivity index (χ4n) is 2.07. The second kappa shape index (κ2) is 6.26. The summed E-state index contributed by atoms with van der Waals surface area (Å²) >= 11 is 5.86. The standard InChI is InChI=1S/C16H15ClN4O2/c1-9-10(2)23-15(19-9)8-18-16(22)14-7-13(20-21-14)11-3-5-12(17)6-4-11/h3-7H,8H2,1-2H3,(H,18,22)(H,20,21). The largest absolute Gasteiger partial charge is 0.444 e. The van der Waals surface area contributed by atoms with E-state index in [1.807, 2.05) is 26.0 Å². The maximum atomic E-state index is 12.1. The number of halogens is 1. The number of hydrogen-bond acceptors (Lipinski definition) is 4. The zero-order valence-corrected chi connectivity index (χ0v) is 13.4. The van der Waals surface area contributed by atoms with E-state index >= 15 is 0 Å². The second-order valence-corrected chi connectivity index (χ2v) is 5.54. The van der Waals surface area contributed by atoms with Crippen LogP contribution in [0.25, 0.3) is 11.3 Å². The molecule has 3 aromatic rings. The van der Waals surface area contributed by atoms with Crippen molar-refractivity contribution < 1.29 is 9.21 Å². The van der Waals surface area contributed by atoms with Gasteiger partial charge in [-0.1, -0.05) is 23.7 Å². The fourth-order valence-corrected chi connectivity index (χ4v) is 2.20. The first kappa shape index (κ1) is 15.3. The van der Waals surface area contributed by atoms with Crippen LogP contribution in [0.2, 0.25) is 5.02 Å². The maximum Gasteiger partial charge on any atom is 0.269 e. The van der Waals surface area contributed by atoms with E-state index in [1.54, 1.807) is 18.2 Å². The zero-order chi connectivity index (χ0) is 16.4. The summed E-state index contributed by atoms with van der Waals surface area (Å²) in [7, 11) is 0. The Balaban J connectivity index is 1.67. The molecule has 118 valence electrons. The number of carbonyl (C=O) groups is 1. The van der Waals surface area contributed by atoms with E-state index < -0.39 is 0 Å². The molecule has 2 N–H and O–H groups in total. The molecule has 0 aliphatic rings. The minimum Gasteiger partial charge on any atom is -0.444 e. The number of oxazole rings is 1. The molecule has 0 saturated heterocycles. The summed E-state index contributed by atoms with van der Waals surface area (Å²) in [4.78, 5) is 16.4. The lowest BCUT2D eigenvalue weighted by Crippen LogP contribution is -2.23. The normalized spacial score (nSPS) is 10.7. The predicted molar refractivity (Wildman–Crippen MR) is 86.2 cm³/mol. The van der Waals surface area contributed by atoms with E-state index in [4.69, 9.17) is 16.0 Å². The summed E-state index contributed by atoms with van der Waals surface area (Å²) in [5, 5.41) is 10.3. The summed E-state index contributed by atoms with van der Waals surface area (Å²) in [6, 6.07) is 8.93. The third-order valence-corrected chi connectivity index (χ3v) is 3.69. The highest BCUT2D eigenvalue weighted by molar-refractivity contribution is 6.30. The molecule has 0 spiro atoms. The molecule has 0 radical (unpaired) electrons. The van der Waals surface area contributed by atoms with E-state index in [9.17, 15) is 4.79 Å². The van der Waals surface area contributed by atoms with Crippen molar-refractivity contribution in [3.63, 3.8) is 0 Å². The fraction of sp³-hybridized carbons (Fsp3) is 0.188. The monoisotopic (exact) mass is 330 g/mol. The van der Waals surface area contributed by atoms with Crippen molar-refractivity contribution in [3.8, 4) is 11.3 Å². The smallest absolute Gasteiger partial charge is 0.269 e. The number of rotatable bonds is 4. The van der Waals surface area contributed by atoms with Crippen molar-refractivity contribution >= 4 is 17.5 Å². The minimum absolute atomic E-state index is 0.225. The van der Waals surface area contributed by atoms with E-state index in [0.717, 1.165) is 17.0 Å². The predicted octanol–water partition coefficient (Wildman–Crippen LogP) is 3.26. The number of carbonyl (C=O) groups excluding carboxylic acids is 1. The number of aromatic amines is 1. The summed E-state index contributed by atoms with van der Waals surface area (Å²) in [5.41, 5.74) is 2.74. The molecule has 2 heterocycles. The quantitative estimate of drug-likeness (QED) is 0.769. The highest BCUT2D eigenvalue weighted by atomic mass is 35.5. The number of nitrogens with one attached hydrogen (secondary N) is 2. The van der Waals surface area contributed by atoms with Gasteiger partial charge in [0.25, 0.3) is 5.91 Å². The maximum absolute atomic E-state index is 12.1. The topological polar surface area (TPSA) is 83.8 Å². The van der Waals surface area contributed by atoms with Gasteiger partial charge in [0.1, 0.15) is 11.5 Å². The van der Waals surface area contributed by atoms with Crippen LogP contribution >= 0.6 is 11.6 Å². The van der Waals surface area contributed by atoms with Crippen LogP contribution in [-0.2, 0) is 6.54 Å². The molecular formula is C16H15ClN4O2. The Morgan fingerprint density at radius 3 is 2.70 bits per heavy atom. The van der Waals surface area contributed by atoms with Crippen LogP contribution in [0.5, 0.6) is 0 Å². The second-order valence-electron chi connectivity index (χ2n) is 5.11. The van der Waals surface area contributed by atoms with Crippen LogP contribution in [0.3, 0.4) is 0 Å². The first-order valence-electron chi connectivity index (χ1n) is 7.05. The summed E-state index contributed by atoms with van der Waals surface area (Å²) in [6.45, 7) is 3.92. The van der Waals surface area contributed by atoms with Crippen molar-refractivity contribution in [1.82, 2.24) is 20.5 Å². The average molecular weight is 331 g/mol. The van der Waals surface area contributed by atoms with Crippen molar-refractivity contribution in [3.05, 3.63) is 58.4 Å². The first-order chi connectivity index (χ1) is 11.0. The molecule has 1 amide bonds. The van der Waals surface area contributed by atoms with Crippen LogP contribution in [0.15, 0.2) is 34.7 Å². The zero-order valence-electron chi connectivity index (χ0n) is 12.7. The van der Waals surface area contributed by atoms with Gasteiger partial charge in [-0.25, -0.2) is 4.98 Å². The molecular weight excluding hydrogens is 316 g/mol. The molecule has 1 aromatic carbocycles. The van der Waals surface area contributed by atoms with Crippen LogP contribution in [0.1, 0.15) is 27.8 Å². The Labute approximate surface area is 137 Å². The highest BCUT2D eigenvalue weighted by Gasteiger charge is 2.12. The lowest BCUT2D eigenvalue weighted by Gasteiger charge is -1.99. The van der Waals surface area contributed by atoms with E-state index in [-0.39, 0.29) is 12.5 Å². The van der Waals surface area contributed by atoms with Gasteiger partial charge < -0.3 is 9.73 Å². The molecule has 3 rings (SSSR count). The minimum atomic E-state index is -0.272. The molecule has 0 bridgehead atoms. The Morgan fingerprint density at radius 2 is 2.04 bits per heavy atom. The van der Waals surface area contributed by atoms with Gasteiger partial charge in [-0.05, 0) is 32.0 Å². The molecule has 0 unspecified atom stereocenters. The number of aryl methyl sites for hydroxylation is 2. The molecule has 0 aliphatic heterocycles. The number of H-pyrrole nitrogens is 1. The average Bonchev–Trinajstić information content (AvgIpc) is 3.13. The van der Waals surface area contributed by atoms with Gasteiger partial charge in [-0.3, -0.25) is 9.89 Å². The van der Waals surface area contributed by atoms with Crippen molar-refractivity contribution in [2.75, 3.05) is 0 Å². The number of aromatic nitrogens is 3. The van der Waals surface area contributed by atoms with Gasteiger partial charge >= 0.3 is 0 Å². The van der Waals surface area contributed by atoms with E-state index in [2.05, 4.69) is 20.5 Å². The lowest BCUT2D eigenvalue weighted by atomic mass is 10.1. The Hall–Kier alpha value is -2.60. The van der Waals surface area contributed by atoms with Crippen molar-refractivity contribution in [1.29, 1.82) is 0 Å². The van der Waals surface area contributed by atoms with E-state index in [0.29, 0.717) is 22.3 Å². The molecule has 2 aromatic heterocycles. The number of nitrogens with zero attached hydrogens (tertiary/aromatic N) is 2. The number of amides is 1. The van der Waals surface area contributed by atoms with Gasteiger partial charge in [0.05, 0.1) is 17.9 Å². The Kier molecular flexibility index (Phi) is 4.16. The molecule has 0 aliphatic carbocycles. The molecule has 6 nitrogen and oxygen atoms in total. The summed E-state index contributed by atoms with van der Waals surface area (Å²) in [5.74, 6) is 0.956. The molecule has 7 heteroatoms. The van der Waals surface area contributed by atoms with Gasteiger partial charge in [-0.2, -0.15) is 5.10 Å². The van der Waals surface area contributed by atoms with Crippen LogP contribution in [0, 0.1) is 13.8 Å². The molecule has 0 atom stereocenters. The number of benzene rings is 1. The summed E-state index contributed by atoms with van der Waals surface area (Å²) < 4.78 is 5.42. The SMILES string of the molecule is Cc1nc(CNC(=O)c2cc(-c3ccc(Cl)cc3)n[nH]2)oc1C. The Bertz CT molecular complexity index is 817. The molecule has 0 saturated carbocycles. The number of hydrogen-bond donors (Lipinski definition) is 2. The van der Waals surface area contributed by atoms with Crippen LogP contribution < -0.4 is 5.32 Å². The molecule has 23 heavy (non-hydrogen) atoms. The Morgan fingerprint density at radius 1 is 1.30 bits per heavy atom. The van der Waals surface area contributed by atoms with Gasteiger partial charge in [0.2, 0.25) is 5.89 Å². The van der Waals surface area contributed by atoms with Gasteiger partial charge in [-0.15, -0.1) is 0 Å². The van der Waals surface area contributed by atoms with E-state index in [1.165, 1.54) is 0 Å². The summed E-state index contributed by atoms with van der Waals surface area (Å²) in [6.07, 6.45) is 0. The highest BCUT2D eigenvalue weighted by Crippen LogP contribution is 2.20. The van der Waals surface area contributed by atoms with Crippen molar-refractivity contribution in [2.45, 2.75) is 20.4 Å². The van der Waals surface area contributed by atoms with Gasteiger partial charge in [0, 0.05) is 10.6 Å². The molecule has 0 fully saturated rings. The lowest BCUT2D eigenvalue weighted by molar-refractivity contribution is 0.0942. The third-order valence-electron chi connectivity index (χ3n) is 3.44.